The molecule has 1 aliphatic carbocycles. The number of nitro groups is 1. The number of rotatable bonds is 2. The fourth-order valence-corrected chi connectivity index (χ4v) is 3.47. The maximum atomic E-state index is 13.8. The molecule has 2 atom stereocenters. The number of hydrogen-bond donors (Lipinski definition) is 1. The number of fused-ring (bicyclic) bond motifs is 1. The van der Waals surface area contributed by atoms with Crippen LogP contribution in [0.15, 0.2) is 29.4 Å². The molecule has 1 aromatic rings. The lowest BCUT2D eigenvalue weighted by molar-refractivity contribution is -0.384. The predicted octanol–water partition coefficient (Wildman–Crippen LogP) is 3.24. The maximum Gasteiger partial charge on any atom is 0.439 e. The molecule has 1 heterocycles. The van der Waals surface area contributed by atoms with Crippen molar-refractivity contribution in [3.05, 3.63) is 39.9 Å². The Bertz CT molecular complexity index is 780. The van der Waals surface area contributed by atoms with Gasteiger partial charge in [-0.3, -0.25) is 14.9 Å². The number of halogens is 3. The van der Waals surface area contributed by atoms with Crippen molar-refractivity contribution in [2.75, 3.05) is 0 Å². The van der Waals surface area contributed by atoms with Crippen LogP contribution in [0.3, 0.4) is 0 Å². The van der Waals surface area contributed by atoms with E-state index in [1.165, 1.54) is 6.07 Å². The summed E-state index contributed by atoms with van der Waals surface area (Å²) in [4.78, 5) is 22.7. The van der Waals surface area contributed by atoms with E-state index in [9.17, 15) is 33.2 Å². The molecule has 0 bridgehead atoms. The summed E-state index contributed by atoms with van der Waals surface area (Å²) in [5.41, 5.74) is -4.09. The van der Waals surface area contributed by atoms with E-state index in [0.29, 0.717) is 12.8 Å². The zero-order valence-corrected chi connectivity index (χ0v) is 13.6. The quantitative estimate of drug-likeness (QED) is 0.638. The Labute approximate surface area is 146 Å². The Hall–Kier alpha value is -2.49. The van der Waals surface area contributed by atoms with Crippen LogP contribution in [0.25, 0.3) is 0 Å². The van der Waals surface area contributed by atoms with Crippen LogP contribution in [-0.4, -0.2) is 38.6 Å². The van der Waals surface area contributed by atoms with Crippen LogP contribution in [-0.2, 0) is 0 Å². The molecule has 26 heavy (non-hydrogen) atoms. The summed E-state index contributed by atoms with van der Waals surface area (Å²) >= 11 is 0. The summed E-state index contributed by atoms with van der Waals surface area (Å²) in [5, 5.41) is 25.3. The zero-order valence-electron chi connectivity index (χ0n) is 13.6. The molecule has 0 spiro atoms. The maximum absolute atomic E-state index is 13.8. The first kappa shape index (κ1) is 18.3. The summed E-state index contributed by atoms with van der Waals surface area (Å²) in [7, 11) is 0. The summed E-state index contributed by atoms with van der Waals surface area (Å²) in [6.45, 7) is 0. The summed E-state index contributed by atoms with van der Waals surface area (Å²) in [6, 6.07) is 4.33. The molecular formula is C16H16F3N3O4. The molecule has 1 amide bonds. The third-order valence-corrected chi connectivity index (χ3v) is 4.78. The van der Waals surface area contributed by atoms with E-state index in [1.54, 1.807) is 0 Å². The van der Waals surface area contributed by atoms with Gasteiger partial charge in [-0.25, -0.2) is 0 Å². The monoisotopic (exact) mass is 371 g/mol. The fourth-order valence-electron chi connectivity index (χ4n) is 3.47. The van der Waals surface area contributed by atoms with Crippen molar-refractivity contribution in [1.29, 1.82) is 0 Å². The molecule has 1 aromatic carbocycles. The Morgan fingerprint density at radius 3 is 2.73 bits per heavy atom. The zero-order chi connectivity index (χ0) is 19.1. The van der Waals surface area contributed by atoms with Gasteiger partial charge in [-0.1, -0.05) is 18.9 Å². The lowest BCUT2D eigenvalue weighted by Crippen LogP contribution is -2.61. The SMILES string of the molecule is O=C(c1cccc([N+](=O)[O-])c1)N1N=C2CCCCCC2C1(O)C(F)(F)F. The molecule has 140 valence electrons. The first-order valence-corrected chi connectivity index (χ1v) is 8.11. The molecule has 3 rings (SSSR count). The van der Waals surface area contributed by atoms with Gasteiger partial charge in [-0.05, 0) is 25.3 Å². The highest BCUT2D eigenvalue weighted by Gasteiger charge is 2.68. The number of nitro benzene ring substituents is 1. The summed E-state index contributed by atoms with van der Waals surface area (Å²) in [5.74, 6) is -2.55. The largest absolute Gasteiger partial charge is 0.439 e. The van der Waals surface area contributed by atoms with Gasteiger partial charge in [0.2, 0.25) is 0 Å². The number of nitrogens with zero attached hydrogens (tertiary/aromatic N) is 3. The Morgan fingerprint density at radius 1 is 1.35 bits per heavy atom. The van der Waals surface area contributed by atoms with Gasteiger partial charge in [0.15, 0.2) is 0 Å². The lowest BCUT2D eigenvalue weighted by Gasteiger charge is -2.37. The van der Waals surface area contributed by atoms with E-state index in [0.717, 1.165) is 24.6 Å². The van der Waals surface area contributed by atoms with Crippen LogP contribution >= 0.6 is 0 Å². The molecule has 0 aromatic heterocycles. The van der Waals surface area contributed by atoms with Gasteiger partial charge in [0.1, 0.15) is 0 Å². The van der Waals surface area contributed by atoms with Crippen LogP contribution in [0, 0.1) is 16.0 Å². The highest BCUT2D eigenvalue weighted by Crippen LogP contribution is 2.48. The van der Waals surface area contributed by atoms with Crippen molar-refractivity contribution in [2.45, 2.75) is 44.0 Å². The number of aliphatic hydroxyl groups is 1. The van der Waals surface area contributed by atoms with E-state index in [2.05, 4.69) is 5.10 Å². The van der Waals surface area contributed by atoms with Crippen molar-refractivity contribution in [3.8, 4) is 0 Å². The van der Waals surface area contributed by atoms with Crippen molar-refractivity contribution in [1.82, 2.24) is 5.01 Å². The minimum atomic E-state index is -5.12. The van der Waals surface area contributed by atoms with Gasteiger partial charge in [0.25, 0.3) is 17.3 Å². The first-order valence-electron chi connectivity index (χ1n) is 8.11. The molecule has 1 N–H and O–H groups in total. The molecule has 0 saturated heterocycles. The standard InChI is InChI=1S/C16H16F3N3O4/c17-16(18,19)15(24)12-7-2-1-3-8-13(12)20-21(15)14(23)10-5-4-6-11(9-10)22(25)26/h4-6,9,12,24H,1-3,7-8H2. The summed E-state index contributed by atoms with van der Waals surface area (Å²) < 4.78 is 41.3. The van der Waals surface area contributed by atoms with E-state index < -0.39 is 34.3 Å². The average molecular weight is 371 g/mol. The number of carbonyl (C=O) groups excluding carboxylic acids is 1. The van der Waals surface area contributed by atoms with Gasteiger partial charge >= 0.3 is 6.18 Å². The van der Waals surface area contributed by atoms with Crippen LogP contribution in [0.1, 0.15) is 42.5 Å². The van der Waals surface area contributed by atoms with Gasteiger partial charge in [0.05, 0.1) is 10.8 Å². The molecule has 2 unspecified atom stereocenters. The van der Waals surface area contributed by atoms with Gasteiger partial charge in [0, 0.05) is 23.4 Å². The second kappa shape index (κ2) is 6.35. The Morgan fingerprint density at radius 2 is 2.08 bits per heavy atom. The molecule has 1 aliphatic heterocycles. The Balaban J connectivity index is 2.05. The van der Waals surface area contributed by atoms with Gasteiger partial charge in [-0.2, -0.15) is 23.3 Å². The molecule has 10 heteroatoms. The minimum absolute atomic E-state index is 0.0530. The molecule has 7 nitrogen and oxygen atoms in total. The molecule has 1 fully saturated rings. The van der Waals surface area contributed by atoms with Gasteiger partial charge < -0.3 is 5.11 Å². The number of hydrogen-bond acceptors (Lipinski definition) is 5. The number of amides is 1. The molecule has 2 aliphatic rings. The van der Waals surface area contributed by atoms with E-state index in [1.807, 2.05) is 0 Å². The molecule has 1 saturated carbocycles. The van der Waals surface area contributed by atoms with Crippen molar-refractivity contribution in [2.24, 2.45) is 11.0 Å². The highest BCUT2D eigenvalue weighted by molar-refractivity contribution is 5.99. The smallest absolute Gasteiger partial charge is 0.362 e. The lowest BCUT2D eigenvalue weighted by atomic mass is 9.87. The Kier molecular flexibility index (Phi) is 4.47. The number of hydrazone groups is 1. The van der Waals surface area contributed by atoms with Crippen molar-refractivity contribution in [3.63, 3.8) is 0 Å². The highest BCUT2D eigenvalue weighted by atomic mass is 19.4. The van der Waals surface area contributed by atoms with Crippen LogP contribution in [0.2, 0.25) is 0 Å². The van der Waals surface area contributed by atoms with Crippen LogP contribution in [0.4, 0.5) is 18.9 Å². The average Bonchev–Trinajstić information content (AvgIpc) is 2.74. The second-order valence-electron chi connectivity index (χ2n) is 6.39. The number of benzene rings is 1. The third kappa shape index (κ3) is 2.83. The number of non-ortho nitro benzene ring substituents is 1. The minimum Gasteiger partial charge on any atom is -0.362 e. The van der Waals surface area contributed by atoms with Crippen molar-refractivity contribution >= 4 is 17.3 Å². The first-order chi connectivity index (χ1) is 12.2. The second-order valence-corrected chi connectivity index (χ2v) is 6.39. The van der Waals surface area contributed by atoms with Crippen molar-refractivity contribution < 1.29 is 28.0 Å². The topological polar surface area (TPSA) is 96.0 Å². The summed E-state index contributed by atoms with van der Waals surface area (Å²) in [6.07, 6.45) is -2.95. The van der Waals surface area contributed by atoms with E-state index in [-0.39, 0.29) is 29.1 Å². The predicted molar refractivity (Wildman–Crippen MR) is 84.3 cm³/mol. The number of carbonyl (C=O) groups is 1. The third-order valence-electron chi connectivity index (χ3n) is 4.78. The van der Waals surface area contributed by atoms with Crippen LogP contribution < -0.4 is 0 Å². The van der Waals surface area contributed by atoms with Gasteiger partial charge in [-0.15, -0.1) is 0 Å². The molecule has 0 radical (unpaired) electrons. The molecular weight excluding hydrogens is 355 g/mol. The normalized spacial score (nSPS) is 26.1. The van der Waals surface area contributed by atoms with E-state index in [4.69, 9.17) is 0 Å². The van der Waals surface area contributed by atoms with E-state index >= 15 is 0 Å². The van der Waals surface area contributed by atoms with Crippen LogP contribution in [0.5, 0.6) is 0 Å². The number of alkyl halides is 3. The fraction of sp³-hybridized carbons (Fsp3) is 0.500.